The van der Waals surface area contributed by atoms with Crippen molar-refractivity contribution in [2.75, 3.05) is 27.8 Å². The van der Waals surface area contributed by atoms with Gasteiger partial charge in [0.2, 0.25) is 33.6 Å². The molecule has 5 unspecified atom stereocenters. The molecule has 1 aromatic rings. The van der Waals surface area contributed by atoms with Crippen molar-refractivity contribution in [3.8, 4) is 17.8 Å². The normalized spacial score (nSPS) is 30.4. The van der Waals surface area contributed by atoms with Crippen LogP contribution < -0.4 is 24.2 Å². The minimum atomic E-state index is -3.80. The zero-order valence-corrected chi connectivity index (χ0v) is 24.3. The van der Waals surface area contributed by atoms with Gasteiger partial charge in [-0.2, -0.15) is 9.97 Å². The van der Waals surface area contributed by atoms with E-state index in [1.165, 1.54) is 20.3 Å². The van der Waals surface area contributed by atoms with Crippen LogP contribution in [0.2, 0.25) is 0 Å². The standard InChI is InChI=1S/C27H37N5O8S/c1-32-11-7-5-4-6-8-16-15-27(16,25(35)31-41(36,37)18-9-10-18)30-23(33)19-12-17(13-20(19)24(32)34)40-22-14-21(38-2)28-26(29-22)39-3/h6,8,14,16-20H,4-5,7,9-13,15H2,1-3H3,(H,30,33)(H,31,35). The molecule has 14 heteroatoms. The topological polar surface area (TPSA) is 166 Å². The predicted molar refractivity (Wildman–Crippen MR) is 145 cm³/mol. The number of amides is 3. The third-order valence-electron chi connectivity index (χ3n) is 8.33. The van der Waals surface area contributed by atoms with Crippen LogP contribution in [0.25, 0.3) is 0 Å². The Hall–Kier alpha value is -3.42. The highest BCUT2D eigenvalue weighted by Gasteiger charge is 2.62. The van der Waals surface area contributed by atoms with E-state index in [0.29, 0.717) is 19.4 Å². The molecule has 1 aliphatic heterocycles. The summed E-state index contributed by atoms with van der Waals surface area (Å²) >= 11 is 0. The molecule has 4 aliphatic rings. The van der Waals surface area contributed by atoms with Crippen molar-refractivity contribution >= 4 is 27.7 Å². The van der Waals surface area contributed by atoms with Gasteiger partial charge >= 0.3 is 6.01 Å². The van der Waals surface area contributed by atoms with Crippen LogP contribution in [0.3, 0.4) is 0 Å². The summed E-state index contributed by atoms with van der Waals surface area (Å²) in [5, 5.41) is 2.30. The summed E-state index contributed by atoms with van der Waals surface area (Å²) in [6.45, 7) is 0.554. The van der Waals surface area contributed by atoms with Gasteiger partial charge in [0.15, 0.2) is 0 Å². The number of nitrogens with one attached hydrogen (secondary N) is 2. The van der Waals surface area contributed by atoms with Crippen molar-refractivity contribution in [2.45, 2.75) is 68.3 Å². The summed E-state index contributed by atoms with van der Waals surface area (Å²) < 4.78 is 43.7. The van der Waals surface area contributed by atoms with E-state index in [2.05, 4.69) is 20.0 Å². The summed E-state index contributed by atoms with van der Waals surface area (Å²) in [7, 11) is 0.786. The van der Waals surface area contributed by atoms with E-state index in [4.69, 9.17) is 14.2 Å². The molecule has 5 rings (SSSR count). The minimum Gasteiger partial charge on any atom is -0.481 e. The SMILES string of the molecule is COc1cc(OC2CC3C(=O)NC4(C(=O)NS(=O)(=O)C5CC5)CC4C=CCCCCN(C)C(=O)C3C2)nc(OC)n1. The van der Waals surface area contributed by atoms with Crippen molar-refractivity contribution in [1.29, 1.82) is 0 Å². The highest BCUT2D eigenvalue weighted by Crippen LogP contribution is 2.47. The molecule has 41 heavy (non-hydrogen) atoms. The molecule has 3 amide bonds. The van der Waals surface area contributed by atoms with Crippen molar-refractivity contribution < 1.29 is 37.0 Å². The van der Waals surface area contributed by atoms with Gasteiger partial charge in [-0.15, -0.1) is 0 Å². The number of allylic oxidation sites excluding steroid dienone is 1. The summed E-state index contributed by atoms with van der Waals surface area (Å²) in [6.07, 6.45) is 7.45. The fourth-order valence-corrected chi connectivity index (χ4v) is 7.07. The third kappa shape index (κ3) is 6.26. The molecule has 1 aromatic heterocycles. The van der Waals surface area contributed by atoms with Crippen LogP contribution in [0.1, 0.15) is 51.4 Å². The Morgan fingerprint density at radius 2 is 1.83 bits per heavy atom. The number of sulfonamides is 1. The van der Waals surface area contributed by atoms with Crippen molar-refractivity contribution in [3.63, 3.8) is 0 Å². The molecule has 0 bridgehead atoms. The highest BCUT2D eigenvalue weighted by molar-refractivity contribution is 7.91. The van der Waals surface area contributed by atoms with Gasteiger partial charge in [-0.1, -0.05) is 12.2 Å². The summed E-state index contributed by atoms with van der Waals surface area (Å²) in [5.41, 5.74) is -1.38. The lowest BCUT2D eigenvalue weighted by Crippen LogP contribution is -2.54. The number of hydrogen-bond acceptors (Lipinski definition) is 10. The molecule has 3 fully saturated rings. The monoisotopic (exact) mass is 591 g/mol. The van der Waals surface area contributed by atoms with Crippen LogP contribution in [0.15, 0.2) is 18.2 Å². The number of nitrogens with zero attached hydrogens (tertiary/aromatic N) is 3. The van der Waals surface area contributed by atoms with Gasteiger partial charge in [-0.05, 0) is 51.4 Å². The smallest absolute Gasteiger partial charge is 0.322 e. The van der Waals surface area contributed by atoms with Crippen molar-refractivity contribution in [2.24, 2.45) is 17.8 Å². The Labute approximate surface area is 239 Å². The predicted octanol–water partition coefficient (Wildman–Crippen LogP) is 0.949. The van der Waals surface area contributed by atoms with Gasteiger partial charge in [-0.3, -0.25) is 19.1 Å². The second kappa shape index (κ2) is 11.5. The van der Waals surface area contributed by atoms with E-state index < -0.39 is 50.6 Å². The number of aromatic nitrogens is 2. The van der Waals surface area contributed by atoms with Crippen molar-refractivity contribution in [3.05, 3.63) is 18.2 Å². The van der Waals surface area contributed by atoms with E-state index in [1.54, 1.807) is 11.9 Å². The van der Waals surface area contributed by atoms with Crippen LogP contribution >= 0.6 is 0 Å². The van der Waals surface area contributed by atoms with Crippen LogP contribution in [0, 0.1) is 17.8 Å². The molecule has 2 N–H and O–H groups in total. The van der Waals surface area contributed by atoms with Crippen LogP contribution in [-0.4, -0.2) is 85.7 Å². The van der Waals surface area contributed by atoms with Gasteiger partial charge in [0, 0.05) is 19.5 Å². The number of ether oxygens (including phenoxy) is 3. The Morgan fingerprint density at radius 1 is 1.10 bits per heavy atom. The highest BCUT2D eigenvalue weighted by atomic mass is 32.2. The van der Waals surface area contributed by atoms with Gasteiger partial charge in [-0.25, -0.2) is 8.42 Å². The summed E-state index contributed by atoms with van der Waals surface area (Å²) in [5.74, 6) is -2.80. The number of carbonyl (C=O) groups excluding carboxylic acids is 3. The number of rotatable bonds is 7. The second-order valence-electron chi connectivity index (χ2n) is 11.3. The largest absolute Gasteiger partial charge is 0.481 e. The van der Waals surface area contributed by atoms with Gasteiger partial charge < -0.3 is 24.4 Å². The van der Waals surface area contributed by atoms with Gasteiger partial charge in [0.25, 0.3) is 5.91 Å². The van der Waals surface area contributed by atoms with E-state index in [-0.39, 0.29) is 48.9 Å². The Morgan fingerprint density at radius 3 is 2.54 bits per heavy atom. The molecule has 2 heterocycles. The van der Waals surface area contributed by atoms with Gasteiger partial charge in [0.05, 0.1) is 37.4 Å². The minimum absolute atomic E-state index is 0.0476. The first-order valence-corrected chi connectivity index (χ1v) is 15.5. The zero-order chi connectivity index (χ0) is 29.4. The lowest BCUT2D eigenvalue weighted by atomic mass is 9.93. The second-order valence-corrected chi connectivity index (χ2v) is 13.3. The van der Waals surface area contributed by atoms with E-state index in [0.717, 1.165) is 19.3 Å². The molecular formula is C27H37N5O8S. The Balaban J connectivity index is 1.40. The summed E-state index contributed by atoms with van der Waals surface area (Å²) in [4.78, 5) is 50.6. The number of fused-ring (bicyclic) bond motifs is 2. The maximum atomic E-state index is 13.8. The Kier molecular flexibility index (Phi) is 8.13. The lowest BCUT2D eigenvalue weighted by molar-refractivity contribution is -0.140. The van der Waals surface area contributed by atoms with Crippen LogP contribution in [-0.2, 0) is 24.4 Å². The Bertz CT molecular complexity index is 1310. The molecule has 0 radical (unpaired) electrons. The lowest BCUT2D eigenvalue weighted by Gasteiger charge is -2.26. The first-order valence-electron chi connectivity index (χ1n) is 14.0. The maximum absolute atomic E-state index is 13.8. The number of methoxy groups -OCH3 is 2. The number of carbonyl (C=O) groups is 3. The maximum Gasteiger partial charge on any atom is 0.322 e. The fourth-order valence-electron chi connectivity index (χ4n) is 5.70. The van der Waals surface area contributed by atoms with E-state index >= 15 is 0 Å². The molecule has 0 aromatic carbocycles. The molecule has 224 valence electrons. The first kappa shape index (κ1) is 29.1. The van der Waals surface area contributed by atoms with E-state index in [9.17, 15) is 22.8 Å². The molecule has 13 nitrogen and oxygen atoms in total. The van der Waals surface area contributed by atoms with Crippen molar-refractivity contribution in [1.82, 2.24) is 24.9 Å². The molecule has 0 spiro atoms. The molecular weight excluding hydrogens is 554 g/mol. The zero-order valence-electron chi connectivity index (χ0n) is 23.5. The average Bonchev–Trinajstić information content (AvgIpc) is 3.86. The molecule has 0 saturated heterocycles. The van der Waals surface area contributed by atoms with Crippen LogP contribution in [0.5, 0.6) is 17.8 Å². The fraction of sp³-hybridized carbons (Fsp3) is 0.667. The summed E-state index contributed by atoms with van der Waals surface area (Å²) in [6, 6.07) is 1.54. The molecule has 5 atom stereocenters. The molecule has 3 saturated carbocycles. The van der Waals surface area contributed by atoms with Gasteiger partial charge in [0.1, 0.15) is 11.6 Å². The molecule has 3 aliphatic carbocycles. The third-order valence-corrected chi connectivity index (χ3v) is 10.2. The first-order chi connectivity index (χ1) is 19.6. The number of hydrogen-bond donors (Lipinski definition) is 2. The average molecular weight is 592 g/mol. The van der Waals surface area contributed by atoms with E-state index in [1.807, 2.05) is 12.2 Å². The quantitative estimate of drug-likeness (QED) is 0.436. The van der Waals surface area contributed by atoms with Crippen LogP contribution in [0.4, 0.5) is 0 Å².